The SMILES string of the molecule is c1ccc(-c2nc(-c3ccncc3)cc(-c3ccc(-c4ccc5c(c4)C4c6ccccc6C5c5cc(-c6ccc(-c7cc(-c8ccncc8)nc(-c8ccccc8)n7)cc6)ccc54)cc3)n2)cc1. The third-order valence-corrected chi connectivity index (χ3v) is 13.5. The Kier molecular flexibility index (Phi) is 9.53. The van der Waals surface area contributed by atoms with Crippen molar-refractivity contribution in [2.75, 3.05) is 0 Å². The van der Waals surface area contributed by atoms with Crippen molar-refractivity contribution < 1.29 is 0 Å². The molecule has 0 aliphatic heterocycles. The van der Waals surface area contributed by atoms with E-state index in [4.69, 9.17) is 19.9 Å². The first kappa shape index (κ1) is 39.4. The van der Waals surface area contributed by atoms with Crippen molar-refractivity contribution >= 4 is 0 Å². The van der Waals surface area contributed by atoms with Crippen LogP contribution >= 0.6 is 0 Å². The lowest BCUT2D eigenvalue weighted by Gasteiger charge is -2.42. The van der Waals surface area contributed by atoms with Crippen LogP contribution in [0.3, 0.4) is 0 Å². The fraction of sp³-hybridized carbons (Fsp3) is 0.0323. The predicted molar refractivity (Wildman–Crippen MR) is 271 cm³/mol. The lowest BCUT2D eigenvalue weighted by Crippen LogP contribution is -2.27. The molecule has 6 nitrogen and oxygen atoms in total. The van der Waals surface area contributed by atoms with Crippen LogP contribution in [0.2, 0.25) is 0 Å². The highest BCUT2D eigenvalue weighted by Crippen LogP contribution is 2.56. The topological polar surface area (TPSA) is 77.3 Å². The quantitative estimate of drug-likeness (QED) is 0.151. The van der Waals surface area contributed by atoms with E-state index in [1.165, 1.54) is 55.6 Å². The van der Waals surface area contributed by atoms with E-state index in [0.717, 1.165) is 56.2 Å². The first-order valence-electron chi connectivity index (χ1n) is 23.0. The highest BCUT2D eigenvalue weighted by Gasteiger charge is 2.41. The Labute approximate surface area is 394 Å². The lowest BCUT2D eigenvalue weighted by atomic mass is 9.60. The lowest BCUT2D eigenvalue weighted by molar-refractivity contribution is 0.755. The van der Waals surface area contributed by atoms with Crippen LogP contribution < -0.4 is 0 Å². The molecule has 0 N–H and O–H groups in total. The average Bonchev–Trinajstić information content (AvgIpc) is 3.43. The van der Waals surface area contributed by atoms with E-state index >= 15 is 0 Å². The zero-order valence-corrected chi connectivity index (χ0v) is 36.8. The molecule has 0 saturated carbocycles. The summed E-state index contributed by atoms with van der Waals surface area (Å²) < 4.78 is 0. The number of nitrogens with zero attached hydrogens (tertiary/aromatic N) is 6. The van der Waals surface area contributed by atoms with Crippen molar-refractivity contribution in [1.82, 2.24) is 29.9 Å². The van der Waals surface area contributed by atoms with Crippen molar-refractivity contribution in [3.05, 3.63) is 264 Å². The van der Waals surface area contributed by atoms with Gasteiger partial charge < -0.3 is 0 Å². The molecule has 3 aliphatic carbocycles. The van der Waals surface area contributed by atoms with Gasteiger partial charge in [0, 0.05) is 70.0 Å². The molecular formula is C62H40N6. The van der Waals surface area contributed by atoms with Gasteiger partial charge in [0.05, 0.1) is 22.8 Å². The molecule has 318 valence electrons. The Morgan fingerprint density at radius 1 is 0.221 bits per heavy atom. The van der Waals surface area contributed by atoms with Crippen LogP contribution in [0.25, 0.3) is 90.1 Å². The van der Waals surface area contributed by atoms with Gasteiger partial charge in [-0.3, -0.25) is 9.97 Å². The first-order chi connectivity index (χ1) is 33.7. The van der Waals surface area contributed by atoms with Crippen molar-refractivity contribution in [3.8, 4) is 90.1 Å². The molecular weight excluding hydrogens is 829 g/mol. The van der Waals surface area contributed by atoms with Crippen molar-refractivity contribution in [2.45, 2.75) is 11.8 Å². The van der Waals surface area contributed by atoms with Gasteiger partial charge in [-0.25, -0.2) is 19.9 Å². The van der Waals surface area contributed by atoms with Crippen LogP contribution in [0, 0.1) is 0 Å². The van der Waals surface area contributed by atoms with Crippen LogP contribution in [-0.4, -0.2) is 29.9 Å². The Balaban J connectivity index is 0.821. The summed E-state index contributed by atoms with van der Waals surface area (Å²) in [4.78, 5) is 28.5. The normalized spacial score (nSPS) is 14.2. The number of rotatable bonds is 8. The second kappa shape index (κ2) is 16.5. The minimum absolute atomic E-state index is 0.145. The van der Waals surface area contributed by atoms with E-state index in [1.54, 1.807) is 24.8 Å². The smallest absolute Gasteiger partial charge is 0.160 e. The van der Waals surface area contributed by atoms with Crippen LogP contribution in [0.15, 0.2) is 231 Å². The summed E-state index contributed by atoms with van der Waals surface area (Å²) in [6, 6.07) is 73.3. The van der Waals surface area contributed by atoms with Gasteiger partial charge in [0.1, 0.15) is 0 Å². The molecule has 11 aromatic rings. The molecule has 7 aromatic carbocycles. The summed E-state index contributed by atoms with van der Waals surface area (Å²) in [5, 5.41) is 0. The Hall–Kier alpha value is -9.00. The van der Waals surface area contributed by atoms with Crippen LogP contribution in [0.1, 0.15) is 45.2 Å². The number of benzene rings is 7. The van der Waals surface area contributed by atoms with Gasteiger partial charge in [-0.05, 0) is 104 Å². The first-order valence-corrected chi connectivity index (χ1v) is 23.0. The van der Waals surface area contributed by atoms with Crippen molar-refractivity contribution in [3.63, 3.8) is 0 Å². The predicted octanol–water partition coefficient (Wildman–Crippen LogP) is 14.4. The maximum absolute atomic E-state index is 5.06. The molecule has 0 fully saturated rings. The number of hydrogen-bond donors (Lipinski definition) is 0. The number of aromatic nitrogens is 6. The second-order valence-electron chi connectivity index (χ2n) is 17.5. The molecule has 3 aliphatic rings. The number of hydrogen-bond acceptors (Lipinski definition) is 6. The fourth-order valence-corrected chi connectivity index (χ4v) is 10.2. The van der Waals surface area contributed by atoms with Gasteiger partial charge in [-0.1, -0.05) is 158 Å². The highest BCUT2D eigenvalue weighted by atomic mass is 14.9. The summed E-state index contributed by atoms with van der Waals surface area (Å²) >= 11 is 0. The Morgan fingerprint density at radius 2 is 0.529 bits per heavy atom. The summed E-state index contributed by atoms with van der Waals surface area (Å²) in [6.45, 7) is 0. The molecule has 0 radical (unpaired) electrons. The van der Waals surface area contributed by atoms with Gasteiger partial charge in [-0.2, -0.15) is 0 Å². The van der Waals surface area contributed by atoms with E-state index in [9.17, 15) is 0 Å². The van der Waals surface area contributed by atoms with Crippen molar-refractivity contribution in [2.24, 2.45) is 0 Å². The molecule has 0 amide bonds. The molecule has 14 rings (SSSR count). The van der Waals surface area contributed by atoms with E-state index in [0.29, 0.717) is 11.6 Å². The minimum atomic E-state index is 0.145. The zero-order chi connectivity index (χ0) is 45.0. The zero-order valence-electron chi connectivity index (χ0n) is 36.8. The molecule has 2 bridgehead atoms. The molecule has 0 spiro atoms. The third-order valence-electron chi connectivity index (χ3n) is 13.5. The molecule has 0 saturated heterocycles. The monoisotopic (exact) mass is 868 g/mol. The van der Waals surface area contributed by atoms with Gasteiger partial charge >= 0.3 is 0 Å². The molecule has 68 heavy (non-hydrogen) atoms. The molecule has 4 aromatic heterocycles. The van der Waals surface area contributed by atoms with E-state index in [1.807, 2.05) is 60.7 Å². The highest BCUT2D eigenvalue weighted by molar-refractivity contribution is 5.79. The largest absolute Gasteiger partial charge is 0.265 e. The molecule has 2 unspecified atom stereocenters. The molecule has 6 heteroatoms. The Morgan fingerprint density at radius 3 is 0.912 bits per heavy atom. The maximum Gasteiger partial charge on any atom is 0.160 e. The molecule has 2 atom stereocenters. The maximum atomic E-state index is 5.06. The van der Waals surface area contributed by atoms with E-state index in [2.05, 4.69) is 156 Å². The van der Waals surface area contributed by atoms with E-state index in [-0.39, 0.29) is 11.8 Å². The molecule has 4 heterocycles. The van der Waals surface area contributed by atoms with Gasteiger partial charge in [-0.15, -0.1) is 0 Å². The summed E-state index contributed by atoms with van der Waals surface area (Å²) in [5.41, 5.74) is 22.6. The second-order valence-corrected chi connectivity index (χ2v) is 17.5. The van der Waals surface area contributed by atoms with E-state index < -0.39 is 0 Å². The van der Waals surface area contributed by atoms with Crippen LogP contribution in [-0.2, 0) is 0 Å². The fourth-order valence-electron chi connectivity index (χ4n) is 10.2. The van der Waals surface area contributed by atoms with Crippen molar-refractivity contribution in [1.29, 1.82) is 0 Å². The third kappa shape index (κ3) is 6.98. The number of pyridine rings is 2. The minimum Gasteiger partial charge on any atom is -0.265 e. The van der Waals surface area contributed by atoms with Gasteiger partial charge in [0.25, 0.3) is 0 Å². The standard InChI is InChI=1S/C62H40N6/c1-3-9-45(10-4-1)61-65-55(37-57(67-61)43-27-31-63-32-28-43)41-19-15-39(16-20-41)47-23-25-51-53(35-47)59-49-13-7-8-14-50(49)60(51)54-36-48(24-26-52(54)59)40-17-21-42(22-18-40)56-38-58(44-29-33-64-34-30-44)68-62(66-56)46-11-5-2-6-12-46/h1-38,59-60H. The summed E-state index contributed by atoms with van der Waals surface area (Å²) in [5.74, 6) is 1.68. The Bertz CT molecular complexity index is 3290. The summed E-state index contributed by atoms with van der Waals surface area (Å²) in [6.07, 6.45) is 7.21. The van der Waals surface area contributed by atoms with Gasteiger partial charge in [0.15, 0.2) is 11.6 Å². The van der Waals surface area contributed by atoms with Gasteiger partial charge in [0.2, 0.25) is 0 Å². The summed E-state index contributed by atoms with van der Waals surface area (Å²) in [7, 11) is 0. The van der Waals surface area contributed by atoms with Crippen LogP contribution in [0.4, 0.5) is 0 Å². The van der Waals surface area contributed by atoms with Crippen LogP contribution in [0.5, 0.6) is 0 Å². The average molecular weight is 869 g/mol.